The Morgan fingerprint density at radius 2 is 1.64 bits per heavy atom. The first-order valence-corrected chi connectivity index (χ1v) is 17.6. The Kier molecular flexibility index (Phi) is 14.4. The van der Waals surface area contributed by atoms with Crippen molar-refractivity contribution in [1.82, 2.24) is 20.2 Å². The molecule has 3 atom stereocenters. The molecule has 0 bridgehead atoms. The van der Waals surface area contributed by atoms with Crippen LogP contribution in [0.25, 0.3) is 0 Å². The second kappa shape index (κ2) is 17.9. The van der Waals surface area contributed by atoms with Gasteiger partial charge in [0.05, 0.1) is 23.3 Å². The molecule has 1 aromatic heterocycles. The number of rotatable bonds is 18. The number of nitrogens with two attached hydrogens (primary N) is 1. The maximum Gasteiger partial charge on any atom is 0.272 e. The average Bonchev–Trinajstić information content (AvgIpc) is 3.03. The molecule has 256 valence electrons. The number of sulfone groups is 1. The quantitative estimate of drug-likeness (QED) is 0.184. The lowest BCUT2D eigenvalue weighted by Crippen LogP contribution is -2.55. The Bertz CT molecular complexity index is 1550. The fourth-order valence-corrected chi connectivity index (χ4v) is 7.61. The number of nitrogens with one attached hydrogen (secondary N) is 1. The number of carbonyl (C=O) groups excluding carboxylic acids is 2. The third-order valence-electron chi connectivity index (χ3n) is 7.91. The minimum atomic E-state index is -3.89. The molecule has 0 saturated heterocycles. The molecule has 0 aliphatic heterocycles. The van der Waals surface area contributed by atoms with Gasteiger partial charge in [0.25, 0.3) is 5.91 Å². The molecule has 2 amide bonds. The minimum Gasteiger partial charge on any atom is -0.390 e. The molecule has 0 radical (unpaired) electrons. The van der Waals surface area contributed by atoms with Crippen LogP contribution in [0.5, 0.6) is 0 Å². The van der Waals surface area contributed by atoms with E-state index in [0.717, 1.165) is 30.2 Å². The Morgan fingerprint density at radius 3 is 2.23 bits per heavy atom. The van der Waals surface area contributed by atoms with E-state index in [1.54, 1.807) is 6.07 Å². The first kappa shape index (κ1) is 37.6. The summed E-state index contributed by atoms with van der Waals surface area (Å²) in [5.41, 5.74) is 8.09. The van der Waals surface area contributed by atoms with Gasteiger partial charge in [0, 0.05) is 37.6 Å². The van der Waals surface area contributed by atoms with E-state index in [1.807, 2.05) is 39.0 Å². The van der Waals surface area contributed by atoms with Crippen LogP contribution in [0.2, 0.25) is 0 Å². The molecule has 0 spiro atoms. The highest BCUT2D eigenvalue weighted by atomic mass is 32.2. The van der Waals surface area contributed by atoms with Gasteiger partial charge in [-0.25, -0.2) is 22.2 Å². The van der Waals surface area contributed by atoms with Gasteiger partial charge in [0.15, 0.2) is 9.84 Å². The number of amides is 2. The van der Waals surface area contributed by atoms with Gasteiger partial charge in [-0.05, 0) is 54.5 Å². The lowest BCUT2D eigenvalue weighted by Gasteiger charge is -2.32. The van der Waals surface area contributed by atoms with Crippen LogP contribution in [0.4, 0.5) is 8.78 Å². The van der Waals surface area contributed by atoms with Gasteiger partial charge in [-0.1, -0.05) is 57.9 Å². The third kappa shape index (κ3) is 11.4. The lowest BCUT2D eigenvalue weighted by atomic mass is 10.0. The van der Waals surface area contributed by atoms with Crippen LogP contribution in [0, 0.1) is 11.6 Å². The third-order valence-corrected chi connectivity index (χ3v) is 10.2. The van der Waals surface area contributed by atoms with Crippen LogP contribution in [-0.2, 0) is 34.0 Å². The van der Waals surface area contributed by atoms with E-state index in [-0.39, 0.29) is 30.8 Å². The summed E-state index contributed by atoms with van der Waals surface area (Å²) in [6, 6.07) is 7.83. The molecular formula is C34H45F2N5O5S. The number of aliphatic hydroxyl groups is 1. The van der Waals surface area contributed by atoms with Crippen molar-refractivity contribution in [1.29, 1.82) is 0 Å². The number of halogens is 2. The van der Waals surface area contributed by atoms with Gasteiger partial charge in [-0.3, -0.25) is 14.6 Å². The smallest absolute Gasteiger partial charge is 0.272 e. The van der Waals surface area contributed by atoms with E-state index in [2.05, 4.69) is 15.3 Å². The Balaban J connectivity index is 1.98. The molecule has 3 aromatic rings. The number of aromatic nitrogens is 2. The SMILES string of the molecule is CCCC(CCC)S(=O)(=O)CC(NC(=O)c1cnccn1)C(=O)N(Cc1cccc(CC)c1)C[C@@H](O)[C@@H](N)Cc1cc(F)cc(F)c1. The number of hydrogen-bond donors (Lipinski definition) is 3. The maximum atomic E-state index is 14.4. The fraction of sp³-hybridized carbons (Fsp3) is 0.471. The summed E-state index contributed by atoms with van der Waals surface area (Å²) in [6.45, 7) is 5.36. The van der Waals surface area contributed by atoms with Crippen molar-refractivity contribution in [3.63, 3.8) is 0 Å². The molecule has 3 rings (SSSR count). The molecule has 4 N–H and O–H groups in total. The molecule has 0 aliphatic rings. The summed E-state index contributed by atoms with van der Waals surface area (Å²) >= 11 is 0. The van der Waals surface area contributed by atoms with Crippen molar-refractivity contribution in [2.24, 2.45) is 5.73 Å². The number of aliphatic hydroxyl groups excluding tert-OH is 1. The molecule has 0 aliphatic carbocycles. The summed E-state index contributed by atoms with van der Waals surface area (Å²) in [6.07, 6.45) is 5.17. The molecule has 10 nitrogen and oxygen atoms in total. The fourth-order valence-electron chi connectivity index (χ4n) is 5.46. The van der Waals surface area contributed by atoms with Crippen LogP contribution in [0.15, 0.2) is 61.1 Å². The van der Waals surface area contributed by atoms with Crippen LogP contribution in [-0.4, -0.2) is 75.9 Å². The number of hydrogen-bond acceptors (Lipinski definition) is 8. The van der Waals surface area contributed by atoms with E-state index < -0.39 is 62.5 Å². The molecule has 0 saturated carbocycles. The van der Waals surface area contributed by atoms with Gasteiger partial charge in [-0.15, -0.1) is 0 Å². The average molecular weight is 674 g/mol. The molecular weight excluding hydrogens is 628 g/mol. The highest BCUT2D eigenvalue weighted by molar-refractivity contribution is 7.92. The zero-order chi connectivity index (χ0) is 34.6. The second-order valence-electron chi connectivity index (χ2n) is 11.8. The summed E-state index contributed by atoms with van der Waals surface area (Å²) in [5.74, 6) is -3.78. The molecule has 1 unspecified atom stereocenters. The summed E-state index contributed by atoms with van der Waals surface area (Å²) < 4.78 is 55.1. The van der Waals surface area contributed by atoms with Crippen molar-refractivity contribution < 1.29 is 31.9 Å². The van der Waals surface area contributed by atoms with Gasteiger partial charge < -0.3 is 21.1 Å². The predicted octanol–water partition coefficient (Wildman–Crippen LogP) is 3.76. The summed E-state index contributed by atoms with van der Waals surface area (Å²) in [4.78, 5) is 36.7. The van der Waals surface area contributed by atoms with Crippen LogP contribution in [0.1, 0.15) is 73.6 Å². The summed E-state index contributed by atoms with van der Waals surface area (Å²) in [7, 11) is -3.89. The minimum absolute atomic E-state index is 0.0318. The molecule has 2 aromatic carbocycles. The summed E-state index contributed by atoms with van der Waals surface area (Å²) in [5, 5.41) is 13.0. The van der Waals surface area contributed by atoms with E-state index in [4.69, 9.17) is 5.73 Å². The zero-order valence-electron chi connectivity index (χ0n) is 27.1. The monoisotopic (exact) mass is 673 g/mol. The molecule has 0 fully saturated rings. The van der Waals surface area contributed by atoms with E-state index in [0.29, 0.717) is 31.2 Å². The number of carbonyl (C=O) groups is 2. The Hall–Kier alpha value is -3.81. The van der Waals surface area contributed by atoms with Crippen LogP contribution >= 0.6 is 0 Å². The van der Waals surface area contributed by atoms with Crippen molar-refractivity contribution in [3.8, 4) is 0 Å². The van der Waals surface area contributed by atoms with Crippen LogP contribution < -0.4 is 11.1 Å². The van der Waals surface area contributed by atoms with E-state index >= 15 is 0 Å². The standard InChI is InChI=1S/C34H45F2N5O5S/c1-4-8-28(9-5-2)47(45,46)22-31(40-33(43)30-19-38-12-13-39-30)34(44)41(20-24-11-7-10-23(6-3)14-24)21-32(42)29(37)17-25-15-26(35)18-27(36)16-25/h7,10-16,18-19,28-29,31-32,42H,4-6,8-9,17,20-22,37H2,1-3H3,(H,40,43)/t29-,31?,32+/m0/s1. The van der Waals surface area contributed by atoms with Gasteiger partial charge in [-0.2, -0.15) is 0 Å². The molecule has 1 heterocycles. The number of nitrogens with zero attached hydrogens (tertiary/aromatic N) is 3. The first-order chi connectivity index (χ1) is 22.4. The largest absolute Gasteiger partial charge is 0.390 e. The van der Waals surface area contributed by atoms with Gasteiger partial charge in [0.1, 0.15) is 23.4 Å². The number of benzene rings is 2. The van der Waals surface area contributed by atoms with Gasteiger partial charge >= 0.3 is 0 Å². The maximum absolute atomic E-state index is 14.4. The molecule has 13 heteroatoms. The van der Waals surface area contributed by atoms with Crippen molar-refractivity contribution in [2.75, 3.05) is 12.3 Å². The van der Waals surface area contributed by atoms with E-state index in [9.17, 15) is 31.9 Å². The Labute approximate surface area is 275 Å². The lowest BCUT2D eigenvalue weighted by molar-refractivity contribution is -0.135. The van der Waals surface area contributed by atoms with Crippen molar-refractivity contribution in [2.45, 2.75) is 89.3 Å². The highest BCUT2D eigenvalue weighted by Gasteiger charge is 2.36. The highest BCUT2D eigenvalue weighted by Crippen LogP contribution is 2.19. The number of aryl methyl sites for hydroxylation is 1. The van der Waals surface area contributed by atoms with Crippen LogP contribution in [0.3, 0.4) is 0 Å². The first-order valence-electron chi connectivity index (χ1n) is 15.9. The van der Waals surface area contributed by atoms with E-state index in [1.165, 1.54) is 23.5 Å². The zero-order valence-corrected chi connectivity index (χ0v) is 27.9. The second-order valence-corrected chi connectivity index (χ2v) is 14.1. The predicted molar refractivity (Wildman–Crippen MR) is 176 cm³/mol. The normalized spacial score (nSPS) is 13.6. The van der Waals surface area contributed by atoms with Crippen molar-refractivity contribution >= 4 is 21.7 Å². The Morgan fingerprint density at radius 1 is 0.979 bits per heavy atom. The van der Waals surface area contributed by atoms with Crippen molar-refractivity contribution in [3.05, 3.63) is 95.1 Å². The van der Waals surface area contributed by atoms with Gasteiger partial charge in [0.2, 0.25) is 5.91 Å². The topological polar surface area (TPSA) is 156 Å². The molecule has 47 heavy (non-hydrogen) atoms.